The van der Waals surface area contributed by atoms with E-state index in [1.165, 1.54) is 44.6 Å². The van der Waals surface area contributed by atoms with Crippen LogP contribution in [0.3, 0.4) is 0 Å². The summed E-state index contributed by atoms with van der Waals surface area (Å²) in [7, 11) is -1.68. The first-order valence-electron chi connectivity index (χ1n) is 6.76. The van der Waals surface area contributed by atoms with Gasteiger partial charge in [0.2, 0.25) is 0 Å². The summed E-state index contributed by atoms with van der Waals surface area (Å²) >= 11 is 0. The lowest BCUT2D eigenvalue weighted by atomic mass is 10.3. The molecule has 0 saturated carbocycles. The predicted molar refractivity (Wildman–Crippen MR) is 83.5 cm³/mol. The molecule has 0 bridgehead atoms. The zero-order valence-electron chi connectivity index (χ0n) is 13.1. The van der Waals surface area contributed by atoms with Crippen LogP contribution in [0.25, 0.3) is 0 Å². The second-order valence-electron chi connectivity index (χ2n) is 4.67. The van der Waals surface area contributed by atoms with E-state index >= 15 is 0 Å². The maximum atomic E-state index is 12.5. The topological polar surface area (TPSA) is 73.9 Å². The van der Waals surface area contributed by atoms with Crippen molar-refractivity contribution in [1.29, 1.82) is 0 Å². The summed E-state index contributed by atoms with van der Waals surface area (Å²) in [6, 6.07) is 8.74. The predicted octanol–water partition coefficient (Wildman–Crippen LogP) is 3.40. The van der Waals surface area contributed by atoms with Gasteiger partial charge in [-0.05, 0) is 24.3 Å². The maximum absolute atomic E-state index is 12.5. The Kier molecular flexibility index (Phi) is 5.31. The summed E-state index contributed by atoms with van der Waals surface area (Å²) < 4.78 is 78.5. The summed E-state index contributed by atoms with van der Waals surface area (Å²) in [5, 5.41) is 0. The molecule has 6 nitrogen and oxygen atoms in total. The average Bonchev–Trinajstić information content (AvgIpc) is 2.53. The van der Waals surface area contributed by atoms with E-state index in [0.29, 0.717) is 5.75 Å². The largest absolute Gasteiger partial charge is 0.573 e. The van der Waals surface area contributed by atoms with Crippen molar-refractivity contribution in [3.8, 4) is 17.2 Å². The van der Waals surface area contributed by atoms with Crippen LogP contribution in [0.5, 0.6) is 17.2 Å². The van der Waals surface area contributed by atoms with Crippen molar-refractivity contribution >= 4 is 15.7 Å². The van der Waals surface area contributed by atoms with Gasteiger partial charge in [-0.3, -0.25) is 4.72 Å². The summed E-state index contributed by atoms with van der Waals surface area (Å²) in [5.41, 5.74) is 0.00339. The van der Waals surface area contributed by atoms with E-state index in [0.717, 1.165) is 12.1 Å². The third kappa shape index (κ3) is 4.69. The molecule has 2 aromatic carbocycles. The van der Waals surface area contributed by atoms with Crippen LogP contribution in [0.4, 0.5) is 18.9 Å². The fraction of sp³-hybridized carbons (Fsp3) is 0.200. The van der Waals surface area contributed by atoms with Crippen LogP contribution in [-0.4, -0.2) is 29.0 Å². The van der Waals surface area contributed by atoms with E-state index in [1.807, 2.05) is 0 Å². The molecule has 0 atom stereocenters. The molecule has 25 heavy (non-hydrogen) atoms. The van der Waals surface area contributed by atoms with Gasteiger partial charge in [0, 0.05) is 6.07 Å². The quantitative estimate of drug-likeness (QED) is 0.835. The first kappa shape index (κ1) is 18.7. The van der Waals surface area contributed by atoms with Gasteiger partial charge >= 0.3 is 6.36 Å². The van der Waals surface area contributed by atoms with E-state index < -0.39 is 27.0 Å². The zero-order valence-corrected chi connectivity index (χ0v) is 13.9. The molecule has 10 heteroatoms. The van der Waals surface area contributed by atoms with E-state index in [2.05, 4.69) is 9.46 Å². The molecule has 0 unspecified atom stereocenters. The van der Waals surface area contributed by atoms with E-state index in [-0.39, 0.29) is 11.4 Å². The number of benzene rings is 2. The van der Waals surface area contributed by atoms with Crippen LogP contribution in [0.15, 0.2) is 47.4 Å². The van der Waals surface area contributed by atoms with Crippen LogP contribution in [-0.2, 0) is 10.0 Å². The lowest BCUT2D eigenvalue weighted by Gasteiger charge is -2.16. The molecule has 0 aromatic heterocycles. The molecule has 0 saturated heterocycles. The Balaban J connectivity index is 2.44. The molecule has 1 N–H and O–H groups in total. The number of methoxy groups -OCH3 is 2. The van der Waals surface area contributed by atoms with Crippen molar-refractivity contribution in [3.05, 3.63) is 42.5 Å². The summed E-state index contributed by atoms with van der Waals surface area (Å²) in [6.45, 7) is 0. The molecule has 0 fully saturated rings. The summed E-state index contributed by atoms with van der Waals surface area (Å²) in [5.74, 6) is -0.346. The molecule has 0 aliphatic rings. The molecule has 0 heterocycles. The molecular formula is C15H14F3NO5S. The molecule has 0 aliphatic carbocycles. The smallest absolute Gasteiger partial charge is 0.497 e. The van der Waals surface area contributed by atoms with Crippen LogP contribution in [0.2, 0.25) is 0 Å². The van der Waals surface area contributed by atoms with Crippen molar-refractivity contribution < 1.29 is 35.8 Å². The zero-order chi connectivity index (χ0) is 18.7. The van der Waals surface area contributed by atoms with Crippen LogP contribution >= 0.6 is 0 Å². The van der Waals surface area contributed by atoms with Crippen molar-refractivity contribution in [2.24, 2.45) is 0 Å². The van der Waals surface area contributed by atoms with Crippen LogP contribution in [0, 0.1) is 0 Å². The maximum Gasteiger partial charge on any atom is 0.573 e. The minimum atomic E-state index is -5.03. The molecule has 136 valence electrons. The highest BCUT2D eigenvalue weighted by molar-refractivity contribution is 7.92. The number of hydrogen-bond donors (Lipinski definition) is 1. The lowest BCUT2D eigenvalue weighted by molar-refractivity contribution is -0.275. The first-order valence-corrected chi connectivity index (χ1v) is 8.24. The van der Waals surface area contributed by atoms with Crippen molar-refractivity contribution in [1.82, 2.24) is 0 Å². The number of sulfonamides is 1. The number of hydrogen-bond acceptors (Lipinski definition) is 5. The highest BCUT2D eigenvalue weighted by Crippen LogP contribution is 2.34. The van der Waals surface area contributed by atoms with Gasteiger partial charge in [-0.15, -0.1) is 13.2 Å². The monoisotopic (exact) mass is 377 g/mol. The van der Waals surface area contributed by atoms with Gasteiger partial charge in [0.1, 0.15) is 22.1 Å². The molecule has 2 aromatic rings. The highest BCUT2D eigenvalue weighted by atomic mass is 32.2. The highest BCUT2D eigenvalue weighted by Gasteiger charge is 2.34. The third-order valence-electron chi connectivity index (χ3n) is 3.02. The Bertz CT molecular complexity index is 852. The molecular weight excluding hydrogens is 363 g/mol. The number of halogens is 3. The third-order valence-corrected chi connectivity index (χ3v) is 4.42. The Morgan fingerprint density at radius 2 is 1.64 bits per heavy atom. The Labute approximate surface area is 142 Å². The van der Waals surface area contributed by atoms with Gasteiger partial charge in [0.25, 0.3) is 10.0 Å². The Morgan fingerprint density at radius 3 is 2.24 bits per heavy atom. The van der Waals surface area contributed by atoms with Gasteiger partial charge < -0.3 is 14.2 Å². The van der Waals surface area contributed by atoms with Crippen LogP contribution in [0.1, 0.15) is 0 Å². The van der Waals surface area contributed by atoms with Gasteiger partial charge in [-0.1, -0.05) is 12.1 Å². The Hall–Kier alpha value is -2.62. The van der Waals surface area contributed by atoms with Gasteiger partial charge in [0.15, 0.2) is 0 Å². The molecule has 0 aliphatic heterocycles. The minimum Gasteiger partial charge on any atom is -0.497 e. The van der Waals surface area contributed by atoms with E-state index in [1.54, 1.807) is 0 Å². The summed E-state index contributed by atoms with van der Waals surface area (Å²) in [4.78, 5) is -0.669. The molecule has 2 rings (SSSR count). The van der Waals surface area contributed by atoms with Crippen LogP contribution < -0.4 is 18.9 Å². The average molecular weight is 377 g/mol. The van der Waals surface area contributed by atoms with Gasteiger partial charge in [0.05, 0.1) is 19.9 Å². The molecule has 0 amide bonds. The SMILES string of the molecule is COc1ccc(OC)c(NS(=O)(=O)c2ccccc2OC(F)(F)F)c1. The molecule has 0 spiro atoms. The van der Waals surface area contributed by atoms with Gasteiger partial charge in [-0.2, -0.15) is 0 Å². The second kappa shape index (κ2) is 7.09. The fourth-order valence-corrected chi connectivity index (χ4v) is 3.17. The lowest BCUT2D eigenvalue weighted by Crippen LogP contribution is -2.21. The van der Waals surface area contributed by atoms with Gasteiger partial charge in [-0.25, -0.2) is 8.42 Å². The number of rotatable bonds is 6. The van der Waals surface area contributed by atoms with Crippen molar-refractivity contribution in [2.45, 2.75) is 11.3 Å². The van der Waals surface area contributed by atoms with E-state index in [4.69, 9.17) is 9.47 Å². The summed E-state index contributed by atoms with van der Waals surface area (Å²) in [6.07, 6.45) is -5.03. The molecule has 0 radical (unpaired) electrons. The second-order valence-corrected chi connectivity index (χ2v) is 6.32. The fourth-order valence-electron chi connectivity index (χ4n) is 1.97. The standard InChI is InChI=1S/C15H14F3NO5S/c1-22-10-7-8-12(23-2)11(9-10)19-25(20,21)14-6-4-3-5-13(14)24-15(16,17)18/h3-9,19H,1-2H3. The van der Waals surface area contributed by atoms with Crippen molar-refractivity contribution in [2.75, 3.05) is 18.9 Å². The number of nitrogens with one attached hydrogen (secondary N) is 1. The van der Waals surface area contributed by atoms with E-state index in [9.17, 15) is 21.6 Å². The number of ether oxygens (including phenoxy) is 3. The number of para-hydroxylation sites is 1. The minimum absolute atomic E-state index is 0.00339. The number of alkyl halides is 3. The first-order chi connectivity index (χ1) is 11.7. The van der Waals surface area contributed by atoms with Crippen molar-refractivity contribution in [3.63, 3.8) is 0 Å². The number of anilines is 1. The Morgan fingerprint density at radius 1 is 0.960 bits per heavy atom. The normalized spacial score (nSPS) is 11.7.